The summed E-state index contributed by atoms with van der Waals surface area (Å²) < 4.78 is 5.43. The molecule has 0 fully saturated rings. The number of aryl methyl sites for hydroxylation is 2. The first kappa shape index (κ1) is 16.9. The molecule has 1 heterocycles. The average molecular weight is 365 g/mol. The molecule has 3 aromatic rings. The van der Waals surface area contributed by atoms with Gasteiger partial charge in [0.15, 0.2) is 0 Å². The Balaban J connectivity index is 1.59. The molecular formula is C21H19NO3S. The second kappa shape index (κ2) is 7.00. The predicted molar refractivity (Wildman–Crippen MR) is 105 cm³/mol. The predicted octanol–water partition coefficient (Wildman–Crippen LogP) is 4.53. The van der Waals surface area contributed by atoms with Crippen LogP contribution >= 0.6 is 11.8 Å². The van der Waals surface area contributed by atoms with Crippen molar-refractivity contribution in [3.63, 3.8) is 0 Å². The molecule has 1 aliphatic rings. The van der Waals surface area contributed by atoms with Crippen molar-refractivity contribution in [1.29, 1.82) is 0 Å². The molecule has 4 rings (SSSR count). The van der Waals surface area contributed by atoms with Gasteiger partial charge in [-0.25, -0.2) is 4.79 Å². The molecule has 0 saturated carbocycles. The molecule has 0 unspecified atom stereocenters. The van der Waals surface area contributed by atoms with Gasteiger partial charge in [0.1, 0.15) is 5.58 Å². The molecule has 4 nitrogen and oxygen atoms in total. The number of fused-ring (bicyclic) bond motifs is 2. The number of hydrogen-bond acceptors (Lipinski definition) is 4. The van der Waals surface area contributed by atoms with E-state index in [9.17, 15) is 9.59 Å². The number of benzene rings is 2. The van der Waals surface area contributed by atoms with E-state index in [2.05, 4.69) is 11.4 Å². The Morgan fingerprint density at radius 3 is 2.58 bits per heavy atom. The van der Waals surface area contributed by atoms with Gasteiger partial charge in [-0.05, 0) is 72.4 Å². The van der Waals surface area contributed by atoms with Gasteiger partial charge in [-0.3, -0.25) is 4.79 Å². The van der Waals surface area contributed by atoms with E-state index in [-0.39, 0.29) is 11.5 Å². The number of carbonyl (C=O) groups excluding carboxylic acids is 1. The second-order valence-corrected chi connectivity index (χ2v) is 7.60. The number of anilines is 1. The molecule has 1 amide bonds. The van der Waals surface area contributed by atoms with Crippen LogP contribution in [0, 0.1) is 0 Å². The highest BCUT2D eigenvalue weighted by molar-refractivity contribution is 7.98. The summed E-state index contributed by atoms with van der Waals surface area (Å²) >= 11 is 1.66. The molecule has 0 aliphatic heterocycles. The summed E-state index contributed by atoms with van der Waals surface area (Å²) in [5.41, 5.74) is 4.85. The van der Waals surface area contributed by atoms with E-state index >= 15 is 0 Å². The number of nitrogens with one attached hydrogen (secondary N) is 1. The number of hydrogen-bond donors (Lipinski definition) is 1. The van der Waals surface area contributed by atoms with Crippen LogP contribution in [0.3, 0.4) is 0 Å². The molecule has 0 spiro atoms. The zero-order chi connectivity index (χ0) is 18.1. The van der Waals surface area contributed by atoms with Crippen LogP contribution in [0.2, 0.25) is 0 Å². The van der Waals surface area contributed by atoms with Crippen LogP contribution in [0.5, 0.6) is 0 Å². The number of rotatable bonds is 4. The SMILES string of the molecule is CC(=O)Nc1ccc(SCc2cc(=O)oc3cc4c(cc23)CCC4)cc1. The van der Waals surface area contributed by atoms with Gasteiger partial charge in [0.05, 0.1) is 0 Å². The number of carbonyl (C=O) groups is 1. The fraction of sp³-hybridized carbons (Fsp3) is 0.238. The summed E-state index contributed by atoms with van der Waals surface area (Å²) in [7, 11) is 0. The summed E-state index contributed by atoms with van der Waals surface area (Å²) in [4.78, 5) is 24.1. The first-order valence-corrected chi connectivity index (χ1v) is 9.66. The molecule has 132 valence electrons. The molecule has 0 saturated heterocycles. The lowest BCUT2D eigenvalue weighted by Crippen LogP contribution is -2.05. The van der Waals surface area contributed by atoms with E-state index in [0.29, 0.717) is 11.3 Å². The van der Waals surface area contributed by atoms with Crippen LogP contribution in [0.1, 0.15) is 30.0 Å². The summed E-state index contributed by atoms with van der Waals surface area (Å²) in [6.07, 6.45) is 3.33. The lowest BCUT2D eigenvalue weighted by Gasteiger charge is -2.08. The highest BCUT2D eigenvalue weighted by Crippen LogP contribution is 2.31. The maximum Gasteiger partial charge on any atom is 0.336 e. The molecule has 1 aliphatic carbocycles. The minimum atomic E-state index is -0.299. The fourth-order valence-electron chi connectivity index (χ4n) is 3.41. The molecule has 26 heavy (non-hydrogen) atoms. The Hall–Kier alpha value is -2.53. The molecule has 5 heteroatoms. The van der Waals surface area contributed by atoms with Crippen LogP contribution in [0.15, 0.2) is 56.6 Å². The van der Waals surface area contributed by atoms with Crippen molar-refractivity contribution in [2.75, 3.05) is 5.32 Å². The van der Waals surface area contributed by atoms with Gasteiger partial charge >= 0.3 is 5.63 Å². The Bertz CT molecular complexity index is 1040. The highest BCUT2D eigenvalue weighted by atomic mass is 32.2. The van der Waals surface area contributed by atoms with Crippen LogP contribution in [-0.2, 0) is 23.4 Å². The second-order valence-electron chi connectivity index (χ2n) is 6.56. The van der Waals surface area contributed by atoms with Crippen molar-refractivity contribution in [2.45, 2.75) is 36.8 Å². The summed E-state index contributed by atoms with van der Waals surface area (Å²) in [6, 6.07) is 13.5. The average Bonchev–Trinajstić information content (AvgIpc) is 3.06. The smallest absolute Gasteiger partial charge is 0.336 e. The molecule has 0 bridgehead atoms. The zero-order valence-electron chi connectivity index (χ0n) is 14.5. The standard InChI is InChI=1S/C21H19NO3S/c1-13(23)22-17-5-7-18(8-6-17)26-12-16-11-21(24)25-20-10-15-4-2-3-14(15)9-19(16)20/h5-11H,2-4,12H2,1H3,(H,22,23). The largest absolute Gasteiger partial charge is 0.423 e. The van der Waals surface area contributed by atoms with E-state index in [1.807, 2.05) is 30.3 Å². The van der Waals surface area contributed by atoms with Crippen LogP contribution in [-0.4, -0.2) is 5.91 Å². The Kier molecular flexibility index (Phi) is 4.55. The molecule has 1 N–H and O–H groups in total. The van der Waals surface area contributed by atoms with Gasteiger partial charge in [-0.2, -0.15) is 0 Å². The number of thioether (sulfide) groups is 1. The Labute approximate surface area is 155 Å². The maximum absolute atomic E-state index is 11.9. The van der Waals surface area contributed by atoms with Gasteiger partial charge in [-0.1, -0.05) is 0 Å². The van der Waals surface area contributed by atoms with E-state index in [1.54, 1.807) is 17.8 Å². The summed E-state index contributed by atoms with van der Waals surface area (Å²) in [5, 5.41) is 3.79. The first-order chi connectivity index (χ1) is 12.6. The minimum absolute atomic E-state index is 0.0829. The van der Waals surface area contributed by atoms with Crippen molar-refractivity contribution in [2.24, 2.45) is 0 Å². The lowest BCUT2D eigenvalue weighted by molar-refractivity contribution is -0.114. The third kappa shape index (κ3) is 3.53. The summed E-state index contributed by atoms with van der Waals surface area (Å²) in [6.45, 7) is 1.49. The van der Waals surface area contributed by atoms with E-state index in [0.717, 1.165) is 34.4 Å². The molecular weight excluding hydrogens is 346 g/mol. The van der Waals surface area contributed by atoms with Crippen molar-refractivity contribution in [3.05, 3.63) is 69.6 Å². The lowest BCUT2D eigenvalue weighted by atomic mass is 10.0. The third-order valence-electron chi connectivity index (χ3n) is 4.61. The van der Waals surface area contributed by atoms with Crippen molar-refractivity contribution >= 4 is 34.3 Å². The Morgan fingerprint density at radius 2 is 1.85 bits per heavy atom. The van der Waals surface area contributed by atoms with Gasteiger partial charge in [-0.15, -0.1) is 11.8 Å². The normalized spacial score (nSPS) is 13.0. The molecule has 0 atom stereocenters. The van der Waals surface area contributed by atoms with Crippen LogP contribution < -0.4 is 10.9 Å². The van der Waals surface area contributed by atoms with Gasteiger partial charge < -0.3 is 9.73 Å². The van der Waals surface area contributed by atoms with Crippen molar-refractivity contribution < 1.29 is 9.21 Å². The third-order valence-corrected chi connectivity index (χ3v) is 5.67. The quantitative estimate of drug-likeness (QED) is 0.545. The maximum atomic E-state index is 11.9. The topological polar surface area (TPSA) is 59.3 Å². The molecule has 1 aromatic heterocycles. The number of amides is 1. The summed E-state index contributed by atoms with van der Waals surface area (Å²) in [5.74, 6) is 0.612. The molecule has 2 aromatic carbocycles. The van der Waals surface area contributed by atoms with Crippen LogP contribution in [0.25, 0.3) is 11.0 Å². The van der Waals surface area contributed by atoms with Gasteiger partial charge in [0.25, 0.3) is 0 Å². The highest BCUT2D eigenvalue weighted by Gasteiger charge is 2.15. The van der Waals surface area contributed by atoms with Gasteiger partial charge in [0.2, 0.25) is 5.91 Å². The van der Waals surface area contributed by atoms with Crippen LogP contribution in [0.4, 0.5) is 5.69 Å². The fourth-order valence-corrected chi connectivity index (χ4v) is 4.30. The zero-order valence-corrected chi connectivity index (χ0v) is 15.3. The van der Waals surface area contributed by atoms with Crippen molar-refractivity contribution in [1.82, 2.24) is 0 Å². The minimum Gasteiger partial charge on any atom is -0.423 e. The first-order valence-electron chi connectivity index (χ1n) is 8.67. The van der Waals surface area contributed by atoms with E-state index in [1.165, 1.54) is 24.5 Å². The van der Waals surface area contributed by atoms with Gasteiger partial charge in [0, 0.05) is 34.7 Å². The molecule has 0 radical (unpaired) electrons. The Morgan fingerprint density at radius 1 is 1.12 bits per heavy atom. The van der Waals surface area contributed by atoms with Crippen molar-refractivity contribution in [3.8, 4) is 0 Å². The van der Waals surface area contributed by atoms with E-state index in [4.69, 9.17) is 4.42 Å². The monoisotopic (exact) mass is 365 g/mol. The van der Waals surface area contributed by atoms with E-state index < -0.39 is 0 Å².